The molecule has 1 aromatic rings. The molecule has 1 aromatic carbocycles. The molecule has 3 N–H and O–H groups in total. The van der Waals surface area contributed by atoms with Crippen molar-refractivity contribution in [3.05, 3.63) is 23.8 Å². The summed E-state index contributed by atoms with van der Waals surface area (Å²) in [5.74, 6) is -0.252. The molecule has 0 radical (unpaired) electrons. The van der Waals surface area contributed by atoms with Gasteiger partial charge in [0.15, 0.2) is 0 Å². The van der Waals surface area contributed by atoms with E-state index in [0.717, 1.165) is 32.1 Å². The van der Waals surface area contributed by atoms with Crippen LogP contribution in [0.2, 0.25) is 0 Å². The molecule has 0 aromatic heterocycles. The molecule has 0 bridgehead atoms. The van der Waals surface area contributed by atoms with Crippen LogP contribution in [0, 0.1) is 0 Å². The molecule has 1 saturated carbocycles. The molecule has 0 unspecified atom stereocenters. The third-order valence-electron chi connectivity index (χ3n) is 4.04. The first-order valence-electron chi connectivity index (χ1n) is 8.07. The summed E-state index contributed by atoms with van der Waals surface area (Å²) in [6.45, 7) is -0.0798. The molecule has 1 aliphatic rings. The van der Waals surface area contributed by atoms with Crippen molar-refractivity contribution in [2.24, 2.45) is 0 Å². The summed E-state index contributed by atoms with van der Waals surface area (Å²) in [5, 5.41) is 11.3. The molecule has 2 rings (SSSR count). The minimum absolute atomic E-state index is 0.0489. The number of aliphatic hydroxyl groups excluding tert-OH is 1. The van der Waals surface area contributed by atoms with Gasteiger partial charge >= 0.3 is 0 Å². The van der Waals surface area contributed by atoms with Gasteiger partial charge in [-0.15, -0.1) is 0 Å². The van der Waals surface area contributed by atoms with Gasteiger partial charge in [0.2, 0.25) is 10.0 Å². The maximum atomic E-state index is 12.7. The van der Waals surface area contributed by atoms with Gasteiger partial charge in [0, 0.05) is 18.2 Å². The molecular formula is C16H24N2O5S. The van der Waals surface area contributed by atoms with Gasteiger partial charge in [0.05, 0.1) is 13.7 Å². The first kappa shape index (κ1) is 18.7. The zero-order chi connectivity index (χ0) is 17.6. The third-order valence-corrected chi connectivity index (χ3v) is 5.58. The minimum atomic E-state index is -3.78. The second-order valence-corrected chi connectivity index (χ2v) is 7.48. The van der Waals surface area contributed by atoms with Gasteiger partial charge in [0.25, 0.3) is 5.91 Å². The summed E-state index contributed by atoms with van der Waals surface area (Å²) in [6.07, 6.45) is 4.78. The second-order valence-electron chi connectivity index (χ2n) is 5.80. The quantitative estimate of drug-likeness (QED) is 0.677. The highest BCUT2D eigenvalue weighted by Crippen LogP contribution is 2.27. The van der Waals surface area contributed by atoms with E-state index in [1.807, 2.05) is 0 Å². The van der Waals surface area contributed by atoms with E-state index < -0.39 is 15.9 Å². The first-order valence-corrected chi connectivity index (χ1v) is 9.55. The van der Waals surface area contributed by atoms with Crippen LogP contribution in [0.15, 0.2) is 23.1 Å². The minimum Gasteiger partial charge on any atom is -0.495 e. The third kappa shape index (κ3) is 4.68. The molecule has 0 atom stereocenters. The van der Waals surface area contributed by atoms with Crippen LogP contribution in [0.1, 0.15) is 42.5 Å². The van der Waals surface area contributed by atoms with Crippen LogP contribution in [0.25, 0.3) is 0 Å². The molecule has 1 amide bonds. The van der Waals surface area contributed by atoms with Gasteiger partial charge in [-0.3, -0.25) is 4.79 Å². The smallest absolute Gasteiger partial charge is 0.251 e. The largest absolute Gasteiger partial charge is 0.495 e. The molecule has 1 fully saturated rings. The number of aliphatic hydroxyl groups is 1. The highest BCUT2D eigenvalue weighted by Gasteiger charge is 2.25. The molecule has 0 saturated heterocycles. The number of methoxy groups -OCH3 is 1. The fourth-order valence-corrected chi connectivity index (χ4v) is 4.30. The summed E-state index contributed by atoms with van der Waals surface area (Å²) in [5.41, 5.74) is 0.202. The standard InChI is InChI=1S/C16H24N2O5S/c1-23-14-8-7-12(16(20)17-9-10-19)11-15(14)24(21,22)18-13-5-3-2-4-6-13/h7-8,11,13,18-19H,2-6,9-10H2,1H3,(H,17,20). The van der Waals surface area contributed by atoms with Crippen LogP contribution >= 0.6 is 0 Å². The Morgan fingerprint density at radius 1 is 1.29 bits per heavy atom. The van der Waals surface area contributed by atoms with Crippen molar-refractivity contribution in [2.45, 2.75) is 43.0 Å². The molecule has 0 spiro atoms. The van der Waals surface area contributed by atoms with Crippen molar-refractivity contribution < 1.29 is 23.1 Å². The van der Waals surface area contributed by atoms with Gasteiger partial charge in [-0.1, -0.05) is 19.3 Å². The predicted molar refractivity (Wildman–Crippen MR) is 89.6 cm³/mol. The highest BCUT2D eigenvalue weighted by molar-refractivity contribution is 7.89. The molecule has 0 heterocycles. The second kappa shape index (κ2) is 8.46. The Morgan fingerprint density at radius 2 is 2.00 bits per heavy atom. The monoisotopic (exact) mass is 356 g/mol. The van der Waals surface area contributed by atoms with Crippen molar-refractivity contribution in [1.82, 2.24) is 10.0 Å². The number of benzene rings is 1. The lowest BCUT2D eigenvalue weighted by molar-refractivity contribution is 0.0944. The van der Waals surface area contributed by atoms with E-state index in [0.29, 0.717) is 0 Å². The zero-order valence-electron chi connectivity index (χ0n) is 13.7. The number of sulfonamides is 1. The highest BCUT2D eigenvalue weighted by atomic mass is 32.2. The lowest BCUT2D eigenvalue weighted by Gasteiger charge is -2.23. The van der Waals surface area contributed by atoms with Crippen molar-refractivity contribution in [3.63, 3.8) is 0 Å². The fourth-order valence-electron chi connectivity index (χ4n) is 2.80. The Bertz CT molecular complexity index is 669. The van der Waals surface area contributed by atoms with Crippen LogP contribution in [0.4, 0.5) is 0 Å². The van der Waals surface area contributed by atoms with Crippen molar-refractivity contribution in [3.8, 4) is 5.75 Å². The predicted octanol–water partition coefficient (Wildman–Crippen LogP) is 1.03. The molecule has 8 heteroatoms. The summed E-state index contributed by atoms with van der Waals surface area (Å²) >= 11 is 0. The normalized spacial score (nSPS) is 15.9. The van der Waals surface area contributed by atoms with Crippen LogP contribution in [-0.2, 0) is 10.0 Å². The molecule has 24 heavy (non-hydrogen) atoms. The van der Waals surface area contributed by atoms with E-state index in [-0.39, 0.29) is 35.4 Å². The number of carbonyl (C=O) groups is 1. The van der Waals surface area contributed by atoms with E-state index >= 15 is 0 Å². The maximum absolute atomic E-state index is 12.7. The van der Waals surface area contributed by atoms with Gasteiger partial charge < -0.3 is 15.2 Å². The molecular weight excluding hydrogens is 332 g/mol. The van der Waals surface area contributed by atoms with E-state index in [1.165, 1.54) is 25.3 Å². The van der Waals surface area contributed by atoms with Crippen molar-refractivity contribution in [2.75, 3.05) is 20.3 Å². The van der Waals surface area contributed by atoms with Crippen LogP contribution in [0.5, 0.6) is 5.75 Å². The summed E-state index contributed by atoms with van der Waals surface area (Å²) in [6, 6.07) is 4.17. The summed E-state index contributed by atoms with van der Waals surface area (Å²) in [4.78, 5) is 11.9. The zero-order valence-corrected chi connectivity index (χ0v) is 14.6. The molecule has 0 aliphatic heterocycles. The SMILES string of the molecule is COc1ccc(C(=O)NCCO)cc1S(=O)(=O)NC1CCCCC1. The number of nitrogens with one attached hydrogen (secondary N) is 2. The Hall–Kier alpha value is -1.64. The van der Waals surface area contributed by atoms with Crippen molar-refractivity contribution >= 4 is 15.9 Å². The molecule has 1 aliphatic carbocycles. The average Bonchev–Trinajstić information content (AvgIpc) is 2.59. The van der Waals surface area contributed by atoms with Gasteiger partial charge in [0.1, 0.15) is 10.6 Å². The topological polar surface area (TPSA) is 105 Å². The van der Waals surface area contributed by atoms with Gasteiger partial charge in [-0.05, 0) is 31.0 Å². The van der Waals surface area contributed by atoms with Crippen LogP contribution in [0.3, 0.4) is 0 Å². The average molecular weight is 356 g/mol. The molecule has 134 valence electrons. The van der Waals surface area contributed by atoms with E-state index in [9.17, 15) is 13.2 Å². The van der Waals surface area contributed by atoms with E-state index in [1.54, 1.807) is 0 Å². The number of amides is 1. The van der Waals surface area contributed by atoms with E-state index in [2.05, 4.69) is 10.0 Å². The maximum Gasteiger partial charge on any atom is 0.251 e. The fraction of sp³-hybridized carbons (Fsp3) is 0.562. The number of carbonyl (C=O) groups excluding carboxylic acids is 1. The molecule has 7 nitrogen and oxygen atoms in total. The first-order chi connectivity index (χ1) is 11.5. The summed E-state index contributed by atoms with van der Waals surface area (Å²) < 4.78 is 33.3. The number of hydrogen-bond acceptors (Lipinski definition) is 5. The Morgan fingerprint density at radius 3 is 2.62 bits per heavy atom. The summed E-state index contributed by atoms with van der Waals surface area (Å²) in [7, 11) is -2.39. The van der Waals surface area contributed by atoms with Crippen LogP contribution < -0.4 is 14.8 Å². The Balaban J connectivity index is 2.26. The Labute approximate surface area is 142 Å². The van der Waals surface area contributed by atoms with Gasteiger partial charge in [-0.25, -0.2) is 13.1 Å². The number of hydrogen-bond donors (Lipinski definition) is 3. The lowest BCUT2D eigenvalue weighted by atomic mass is 9.96. The van der Waals surface area contributed by atoms with Crippen molar-refractivity contribution in [1.29, 1.82) is 0 Å². The Kier molecular flexibility index (Phi) is 6.59. The van der Waals surface area contributed by atoms with Gasteiger partial charge in [-0.2, -0.15) is 0 Å². The van der Waals surface area contributed by atoms with Crippen LogP contribution in [-0.4, -0.2) is 45.7 Å². The van der Waals surface area contributed by atoms with E-state index in [4.69, 9.17) is 9.84 Å². The number of ether oxygens (including phenoxy) is 1. The number of rotatable bonds is 7. The lowest BCUT2D eigenvalue weighted by Crippen LogP contribution is -2.36.